The molecule has 1 aliphatic rings. The topological polar surface area (TPSA) is 192 Å². The molecule has 392 valence electrons. The second-order valence-corrected chi connectivity index (χ2v) is 19.4. The zero-order valence-electron chi connectivity index (χ0n) is 42.1. The van der Waals surface area contributed by atoms with E-state index in [1.54, 1.807) is 0 Å². The van der Waals surface area contributed by atoms with E-state index in [-0.39, 0.29) is 13.0 Å². The number of hydrogen-bond donors (Lipinski definition) is 6. The Morgan fingerprint density at radius 2 is 0.868 bits per heavy atom. The van der Waals surface area contributed by atoms with E-state index < -0.39 is 63.1 Å². The fraction of sp³-hybridized carbons (Fsp3) is 0.727. The number of esters is 1. The third-order valence-corrected chi connectivity index (χ3v) is 12.7. The smallest absolute Gasteiger partial charge is 0.457 e. The van der Waals surface area contributed by atoms with Crippen LogP contribution < -0.4 is 0 Å². The van der Waals surface area contributed by atoms with Crippen LogP contribution in [0, 0.1) is 0 Å². The van der Waals surface area contributed by atoms with Gasteiger partial charge in [-0.05, 0) is 89.9 Å². The molecule has 1 aliphatic carbocycles. The van der Waals surface area contributed by atoms with Crippen molar-refractivity contribution in [1.29, 1.82) is 0 Å². The van der Waals surface area contributed by atoms with E-state index in [0.717, 1.165) is 89.9 Å². The van der Waals surface area contributed by atoms with E-state index in [1.165, 1.54) is 77.0 Å². The number of unbranched alkanes of at least 4 members (excludes halogenated alkanes) is 18. The molecule has 0 bridgehead atoms. The van der Waals surface area contributed by atoms with Gasteiger partial charge in [-0.3, -0.25) is 13.8 Å². The molecular formula is C55H95O12P. The van der Waals surface area contributed by atoms with Gasteiger partial charge in [-0.1, -0.05) is 182 Å². The van der Waals surface area contributed by atoms with Crippen molar-refractivity contribution in [3.63, 3.8) is 0 Å². The lowest BCUT2D eigenvalue weighted by molar-refractivity contribution is -0.220. The lowest BCUT2D eigenvalue weighted by Gasteiger charge is -2.41. The van der Waals surface area contributed by atoms with Gasteiger partial charge in [0.05, 0.1) is 13.2 Å². The van der Waals surface area contributed by atoms with Crippen molar-refractivity contribution in [2.75, 3.05) is 19.8 Å². The first-order valence-corrected chi connectivity index (χ1v) is 27.9. The molecule has 0 radical (unpaired) electrons. The van der Waals surface area contributed by atoms with Crippen molar-refractivity contribution in [3.8, 4) is 0 Å². The van der Waals surface area contributed by atoms with E-state index in [0.29, 0.717) is 13.0 Å². The normalized spacial score (nSPS) is 21.8. The average Bonchev–Trinajstić information content (AvgIpc) is 3.32. The maximum atomic E-state index is 12.9. The summed E-state index contributed by atoms with van der Waals surface area (Å²) in [6.07, 6.45) is 47.9. The minimum Gasteiger partial charge on any atom is -0.457 e. The minimum absolute atomic E-state index is 0.0970. The first-order valence-electron chi connectivity index (χ1n) is 26.4. The van der Waals surface area contributed by atoms with Gasteiger partial charge in [-0.15, -0.1) is 0 Å². The van der Waals surface area contributed by atoms with Gasteiger partial charge in [-0.2, -0.15) is 0 Å². The van der Waals surface area contributed by atoms with Gasteiger partial charge < -0.3 is 39.9 Å². The van der Waals surface area contributed by atoms with Gasteiger partial charge >= 0.3 is 13.8 Å². The molecule has 1 rings (SSSR count). The Hall–Kier alpha value is -2.48. The van der Waals surface area contributed by atoms with E-state index in [2.05, 4.69) is 98.9 Å². The molecule has 0 amide bonds. The van der Waals surface area contributed by atoms with Crippen LogP contribution in [0.15, 0.2) is 85.1 Å². The summed E-state index contributed by atoms with van der Waals surface area (Å²) in [4.78, 5) is 23.2. The molecule has 0 aliphatic heterocycles. The molecule has 1 saturated carbocycles. The fourth-order valence-electron chi connectivity index (χ4n) is 7.59. The van der Waals surface area contributed by atoms with Crippen molar-refractivity contribution in [2.24, 2.45) is 0 Å². The first kappa shape index (κ1) is 63.5. The van der Waals surface area contributed by atoms with Crippen molar-refractivity contribution < 1.29 is 58.3 Å². The van der Waals surface area contributed by atoms with Gasteiger partial charge in [0, 0.05) is 13.0 Å². The van der Waals surface area contributed by atoms with Crippen molar-refractivity contribution in [1.82, 2.24) is 0 Å². The Morgan fingerprint density at radius 3 is 1.32 bits per heavy atom. The van der Waals surface area contributed by atoms with Gasteiger partial charge in [0.25, 0.3) is 0 Å². The number of carbonyl (C=O) groups is 1. The SMILES string of the molecule is CC/C=C\C/C=C\C/C=C\C/C=C\C/C=C\CCCCCC(=O)OC(COCCCCCCCCCCCC/C=C\C/C=C\CCCCCCC)COP(=O)(O)OC1C(O)C(O)C(O)C(O)C1O. The number of phosphoric acid groups is 1. The molecule has 6 atom stereocenters. The highest BCUT2D eigenvalue weighted by molar-refractivity contribution is 7.47. The van der Waals surface area contributed by atoms with Crippen molar-refractivity contribution in [3.05, 3.63) is 85.1 Å². The Bertz CT molecular complexity index is 1440. The van der Waals surface area contributed by atoms with Crippen LogP contribution in [0.2, 0.25) is 0 Å². The predicted molar refractivity (Wildman–Crippen MR) is 276 cm³/mol. The highest BCUT2D eigenvalue weighted by Crippen LogP contribution is 2.47. The number of phosphoric ester groups is 1. The predicted octanol–water partition coefficient (Wildman–Crippen LogP) is 12.1. The lowest BCUT2D eigenvalue weighted by Crippen LogP contribution is -2.64. The average molecular weight is 979 g/mol. The van der Waals surface area contributed by atoms with Crippen LogP contribution in [0.3, 0.4) is 0 Å². The van der Waals surface area contributed by atoms with E-state index in [9.17, 15) is 39.8 Å². The minimum atomic E-state index is -5.04. The summed E-state index contributed by atoms with van der Waals surface area (Å²) in [5, 5.41) is 50.3. The van der Waals surface area contributed by atoms with Crippen LogP contribution in [0.4, 0.5) is 0 Å². The van der Waals surface area contributed by atoms with Gasteiger partial charge in [0.15, 0.2) is 0 Å². The van der Waals surface area contributed by atoms with Crippen molar-refractivity contribution >= 4 is 13.8 Å². The number of allylic oxidation sites excluding steroid dienone is 14. The lowest BCUT2D eigenvalue weighted by atomic mass is 9.85. The maximum absolute atomic E-state index is 12.9. The summed E-state index contributed by atoms with van der Waals surface area (Å²) in [7, 11) is -5.04. The third-order valence-electron chi connectivity index (χ3n) is 11.8. The molecule has 0 spiro atoms. The van der Waals surface area contributed by atoms with Gasteiger partial charge in [0.2, 0.25) is 0 Å². The molecule has 6 N–H and O–H groups in total. The van der Waals surface area contributed by atoms with E-state index in [4.69, 9.17) is 18.5 Å². The summed E-state index contributed by atoms with van der Waals surface area (Å²) >= 11 is 0. The van der Waals surface area contributed by atoms with E-state index >= 15 is 0 Å². The molecule has 12 nitrogen and oxygen atoms in total. The highest BCUT2D eigenvalue weighted by atomic mass is 31.2. The van der Waals surface area contributed by atoms with Crippen LogP contribution in [-0.4, -0.2) is 98.9 Å². The molecular weight excluding hydrogens is 884 g/mol. The summed E-state index contributed by atoms with van der Waals surface area (Å²) in [6.45, 7) is 4.10. The quantitative estimate of drug-likeness (QED) is 0.0147. The number of aliphatic hydroxyl groups excluding tert-OH is 5. The second-order valence-electron chi connectivity index (χ2n) is 18.0. The largest absolute Gasteiger partial charge is 0.472 e. The summed E-state index contributed by atoms with van der Waals surface area (Å²) in [5.74, 6) is -0.511. The maximum Gasteiger partial charge on any atom is 0.472 e. The van der Waals surface area contributed by atoms with Gasteiger partial charge in [0.1, 0.15) is 42.7 Å². The van der Waals surface area contributed by atoms with Crippen LogP contribution in [0.1, 0.15) is 194 Å². The summed E-state index contributed by atoms with van der Waals surface area (Å²) < 4.78 is 34.3. The molecule has 68 heavy (non-hydrogen) atoms. The first-order chi connectivity index (χ1) is 33.0. The molecule has 0 aromatic rings. The van der Waals surface area contributed by atoms with Gasteiger partial charge in [-0.25, -0.2) is 4.57 Å². The summed E-state index contributed by atoms with van der Waals surface area (Å²) in [5.41, 5.74) is 0. The van der Waals surface area contributed by atoms with Crippen LogP contribution in [-0.2, 0) is 27.9 Å². The Morgan fingerprint density at radius 1 is 0.485 bits per heavy atom. The molecule has 13 heteroatoms. The zero-order valence-corrected chi connectivity index (χ0v) is 43.0. The number of hydrogen-bond acceptors (Lipinski definition) is 11. The fourth-order valence-corrected chi connectivity index (χ4v) is 8.56. The zero-order chi connectivity index (χ0) is 49.8. The van der Waals surface area contributed by atoms with E-state index in [1.807, 2.05) is 0 Å². The molecule has 6 unspecified atom stereocenters. The second kappa shape index (κ2) is 44.5. The monoisotopic (exact) mass is 979 g/mol. The van der Waals surface area contributed by atoms with Crippen LogP contribution in [0.5, 0.6) is 0 Å². The molecule has 0 heterocycles. The number of ether oxygens (including phenoxy) is 2. The van der Waals surface area contributed by atoms with Crippen LogP contribution >= 0.6 is 7.82 Å². The Balaban J connectivity index is 2.36. The molecule has 0 aromatic heterocycles. The Kier molecular flexibility index (Phi) is 41.5. The molecule has 1 fully saturated rings. The van der Waals surface area contributed by atoms with Crippen molar-refractivity contribution in [2.45, 2.75) is 236 Å². The Labute approximate surface area is 412 Å². The number of rotatable bonds is 44. The van der Waals surface area contributed by atoms with Crippen LogP contribution in [0.25, 0.3) is 0 Å². The summed E-state index contributed by atoms with van der Waals surface area (Å²) in [6, 6.07) is 0. The molecule has 0 aromatic carbocycles. The third kappa shape index (κ3) is 35.6. The molecule has 0 saturated heterocycles. The highest BCUT2D eigenvalue weighted by Gasteiger charge is 2.51. The standard InChI is InChI=1S/C55H95O12P/c1-3-5-7-9-11-13-15-17-19-21-23-24-25-27-29-31-33-35-37-39-41-43-45-64-46-48(47-65-68(62,63)67-55-53(60)51(58)50(57)52(59)54(55)61)66-49(56)44-42-40-38-36-34-32-30-28-26-22-20-18-16-14-12-10-8-6-4-2/h6,8,12,14-15,17-18,20-21,23,26,28,32,34,48,50-55,57-61H,3-5,7,9-11,13,16,19,22,24-25,27,29-31,33,35-47H2,1-2H3,(H,62,63)/b8-6-,14-12-,17-15-,20-18-,23-21-,28-26-,34-32-. The number of aliphatic hydroxyl groups is 5. The number of carbonyl (C=O) groups excluding carboxylic acids is 1.